The van der Waals surface area contributed by atoms with E-state index < -0.39 is 18.7 Å². The molecule has 1 fully saturated rings. The minimum atomic E-state index is -4.19. The monoisotopic (exact) mass is 304 g/mol. The van der Waals surface area contributed by atoms with Gasteiger partial charge in [-0.3, -0.25) is 9.80 Å². The van der Waals surface area contributed by atoms with E-state index in [0.29, 0.717) is 38.4 Å². The Balaban J connectivity index is 1.91. The molecule has 0 aromatic carbocycles. The predicted molar refractivity (Wildman–Crippen MR) is 66.8 cm³/mol. The first-order chi connectivity index (χ1) is 9.85. The fourth-order valence-corrected chi connectivity index (χ4v) is 2.23. The number of halogens is 3. The smallest absolute Gasteiger partial charge is 0.401 e. The van der Waals surface area contributed by atoms with Crippen LogP contribution in [0.3, 0.4) is 0 Å². The van der Waals surface area contributed by atoms with E-state index in [1.54, 1.807) is 0 Å². The van der Waals surface area contributed by atoms with Crippen LogP contribution in [-0.4, -0.2) is 69.7 Å². The Morgan fingerprint density at radius 3 is 2.43 bits per heavy atom. The number of carboxylic acids is 1. The number of carboxylic acid groups (broad SMARTS) is 1. The summed E-state index contributed by atoms with van der Waals surface area (Å²) >= 11 is 0. The number of piperazine rings is 1. The van der Waals surface area contributed by atoms with Crippen LogP contribution < -0.4 is 0 Å². The summed E-state index contributed by atoms with van der Waals surface area (Å²) in [6, 6.07) is 0. The molecule has 6 nitrogen and oxygen atoms in total. The van der Waals surface area contributed by atoms with Gasteiger partial charge >= 0.3 is 12.1 Å². The van der Waals surface area contributed by atoms with Crippen molar-refractivity contribution in [3.63, 3.8) is 0 Å². The number of aromatic nitrogens is 2. The van der Waals surface area contributed by atoms with Gasteiger partial charge in [-0.1, -0.05) is 0 Å². The second-order valence-electron chi connectivity index (χ2n) is 4.86. The molecule has 0 unspecified atom stereocenters. The van der Waals surface area contributed by atoms with E-state index in [9.17, 15) is 18.0 Å². The first-order valence-corrected chi connectivity index (χ1v) is 6.39. The minimum Gasteiger partial charge on any atom is -0.478 e. The summed E-state index contributed by atoms with van der Waals surface area (Å²) in [7, 11) is 0. The Morgan fingerprint density at radius 2 is 1.86 bits per heavy atom. The van der Waals surface area contributed by atoms with Crippen LogP contribution in [0.5, 0.6) is 0 Å². The quantitative estimate of drug-likeness (QED) is 0.889. The molecule has 9 heteroatoms. The van der Waals surface area contributed by atoms with E-state index in [4.69, 9.17) is 5.11 Å². The third kappa shape index (κ3) is 4.64. The fraction of sp³-hybridized carbons (Fsp3) is 0.583. The lowest BCUT2D eigenvalue weighted by molar-refractivity contribution is -0.149. The van der Waals surface area contributed by atoms with Crippen LogP contribution in [0, 0.1) is 0 Å². The van der Waals surface area contributed by atoms with Gasteiger partial charge in [-0.2, -0.15) is 13.2 Å². The van der Waals surface area contributed by atoms with Crippen molar-refractivity contribution in [3.05, 3.63) is 23.8 Å². The highest BCUT2D eigenvalue weighted by Crippen LogP contribution is 2.18. The maximum absolute atomic E-state index is 12.3. The van der Waals surface area contributed by atoms with Gasteiger partial charge in [0.15, 0.2) is 0 Å². The standard InChI is InChI=1S/C12H15F3N4O2/c13-12(14,15)7-19-3-1-18(2-4-19)6-10-9(11(20)21)5-16-8-17-10/h5,8H,1-4,6-7H2,(H,20,21). The Labute approximate surface area is 119 Å². The van der Waals surface area contributed by atoms with Crippen molar-refractivity contribution in [2.45, 2.75) is 12.7 Å². The molecule has 1 N–H and O–H groups in total. The molecule has 1 aliphatic heterocycles. The van der Waals surface area contributed by atoms with Crippen LogP contribution in [0.2, 0.25) is 0 Å². The Hall–Kier alpha value is -1.74. The van der Waals surface area contributed by atoms with Crippen LogP contribution in [-0.2, 0) is 6.54 Å². The van der Waals surface area contributed by atoms with Crippen molar-refractivity contribution in [1.82, 2.24) is 19.8 Å². The Morgan fingerprint density at radius 1 is 1.24 bits per heavy atom. The Kier molecular flexibility index (Phi) is 4.73. The maximum atomic E-state index is 12.3. The SMILES string of the molecule is O=C(O)c1cncnc1CN1CCN(CC(F)(F)F)CC1. The number of aromatic carboxylic acids is 1. The van der Waals surface area contributed by atoms with Gasteiger partial charge in [0, 0.05) is 38.9 Å². The second-order valence-corrected chi connectivity index (χ2v) is 4.86. The average Bonchev–Trinajstić information content (AvgIpc) is 2.40. The van der Waals surface area contributed by atoms with Crippen LogP contribution in [0.1, 0.15) is 16.1 Å². The van der Waals surface area contributed by atoms with Gasteiger partial charge in [0.2, 0.25) is 0 Å². The maximum Gasteiger partial charge on any atom is 0.401 e. The average molecular weight is 304 g/mol. The first kappa shape index (κ1) is 15.6. The van der Waals surface area contributed by atoms with E-state index >= 15 is 0 Å². The third-order valence-electron chi connectivity index (χ3n) is 3.27. The highest BCUT2D eigenvalue weighted by molar-refractivity contribution is 5.88. The van der Waals surface area contributed by atoms with Gasteiger partial charge in [0.25, 0.3) is 0 Å². The van der Waals surface area contributed by atoms with E-state index in [1.807, 2.05) is 4.90 Å². The van der Waals surface area contributed by atoms with Crippen LogP contribution >= 0.6 is 0 Å². The van der Waals surface area contributed by atoms with E-state index in [-0.39, 0.29) is 5.56 Å². The van der Waals surface area contributed by atoms with Crippen molar-refractivity contribution < 1.29 is 23.1 Å². The normalized spacial score (nSPS) is 17.9. The number of rotatable bonds is 4. The summed E-state index contributed by atoms with van der Waals surface area (Å²) in [5.41, 5.74) is 0.400. The lowest BCUT2D eigenvalue weighted by atomic mass is 10.2. The predicted octanol–water partition coefficient (Wildman–Crippen LogP) is 0.855. The number of carbonyl (C=O) groups is 1. The van der Waals surface area contributed by atoms with Crippen molar-refractivity contribution in [2.75, 3.05) is 32.7 Å². The molecule has 2 rings (SSSR count). The minimum absolute atomic E-state index is 0.0234. The van der Waals surface area contributed by atoms with Crippen LogP contribution in [0.4, 0.5) is 13.2 Å². The van der Waals surface area contributed by atoms with E-state index in [2.05, 4.69) is 9.97 Å². The molecule has 21 heavy (non-hydrogen) atoms. The van der Waals surface area contributed by atoms with Crippen molar-refractivity contribution in [3.8, 4) is 0 Å². The summed E-state index contributed by atoms with van der Waals surface area (Å²) in [6.45, 7) is 0.872. The zero-order valence-electron chi connectivity index (χ0n) is 11.2. The summed E-state index contributed by atoms with van der Waals surface area (Å²) in [5, 5.41) is 9.03. The topological polar surface area (TPSA) is 69.6 Å². The van der Waals surface area contributed by atoms with Gasteiger partial charge in [-0.25, -0.2) is 14.8 Å². The molecule has 0 bridgehead atoms. The molecule has 0 saturated carbocycles. The third-order valence-corrected chi connectivity index (χ3v) is 3.27. The first-order valence-electron chi connectivity index (χ1n) is 6.39. The van der Waals surface area contributed by atoms with Crippen LogP contribution in [0.25, 0.3) is 0 Å². The zero-order chi connectivity index (χ0) is 15.5. The molecule has 1 saturated heterocycles. The van der Waals surface area contributed by atoms with Gasteiger partial charge < -0.3 is 5.11 Å². The molecule has 1 aliphatic rings. The highest BCUT2D eigenvalue weighted by atomic mass is 19.4. The summed E-state index contributed by atoms with van der Waals surface area (Å²) < 4.78 is 36.9. The van der Waals surface area contributed by atoms with Crippen LogP contribution in [0.15, 0.2) is 12.5 Å². The number of nitrogens with zero attached hydrogens (tertiary/aromatic N) is 4. The highest BCUT2D eigenvalue weighted by Gasteiger charge is 2.32. The molecular formula is C12H15F3N4O2. The zero-order valence-corrected chi connectivity index (χ0v) is 11.2. The Bertz CT molecular complexity index is 502. The molecule has 0 spiro atoms. The summed E-state index contributed by atoms with van der Waals surface area (Å²) in [5.74, 6) is -1.11. The van der Waals surface area contributed by atoms with Crippen molar-refractivity contribution >= 4 is 5.97 Å². The number of hydrogen-bond donors (Lipinski definition) is 1. The second kappa shape index (κ2) is 6.35. The molecule has 2 heterocycles. The molecule has 0 atom stereocenters. The van der Waals surface area contributed by atoms with Crippen molar-refractivity contribution in [2.24, 2.45) is 0 Å². The number of hydrogen-bond acceptors (Lipinski definition) is 5. The van der Waals surface area contributed by atoms with Gasteiger partial charge in [-0.15, -0.1) is 0 Å². The fourth-order valence-electron chi connectivity index (χ4n) is 2.23. The lowest BCUT2D eigenvalue weighted by Crippen LogP contribution is -2.48. The van der Waals surface area contributed by atoms with Gasteiger partial charge in [0.1, 0.15) is 11.9 Å². The van der Waals surface area contributed by atoms with Gasteiger partial charge in [0.05, 0.1) is 12.2 Å². The number of alkyl halides is 3. The lowest BCUT2D eigenvalue weighted by Gasteiger charge is -2.34. The molecular weight excluding hydrogens is 289 g/mol. The summed E-state index contributed by atoms with van der Waals surface area (Å²) in [4.78, 5) is 21.9. The molecule has 0 radical (unpaired) electrons. The molecule has 116 valence electrons. The largest absolute Gasteiger partial charge is 0.478 e. The molecule has 1 aromatic heterocycles. The summed E-state index contributed by atoms with van der Waals surface area (Å²) in [6.07, 6.45) is -1.70. The molecule has 0 aliphatic carbocycles. The van der Waals surface area contributed by atoms with Crippen molar-refractivity contribution in [1.29, 1.82) is 0 Å². The molecule has 1 aromatic rings. The van der Waals surface area contributed by atoms with E-state index in [1.165, 1.54) is 17.4 Å². The molecule has 0 amide bonds. The van der Waals surface area contributed by atoms with E-state index in [0.717, 1.165) is 0 Å². The van der Waals surface area contributed by atoms with Gasteiger partial charge in [-0.05, 0) is 0 Å².